The van der Waals surface area contributed by atoms with Gasteiger partial charge in [-0.2, -0.15) is 5.26 Å². The lowest BCUT2D eigenvalue weighted by molar-refractivity contribution is -0.141. The van der Waals surface area contributed by atoms with Crippen LogP contribution >= 0.6 is 11.6 Å². The Morgan fingerprint density at radius 2 is 2.09 bits per heavy atom. The van der Waals surface area contributed by atoms with Crippen molar-refractivity contribution in [3.63, 3.8) is 0 Å². The van der Waals surface area contributed by atoms with Gasteiger partial charge in [-0.3, -0.25) is 4.79 Å². The van der Waals surface area contributed by atoms with Gasteiger partial charge in [0.15, 0.2) is 0 Å². The summed E-state index contributed by atoms with van der Waals surface area (Å²) in [6.07, 6.45) is 4.25. The van der Waals surface area contributed by atoms with E-state index in [1.165, 1.54) is 12.7 Å². The molecular formula is C27H23ClN2O4. The predicted molar refractivity (Wildman–Crippen MR) is 126 cm³/mol. The van der Waals surface area contributed by atoms with E-state index in [1.807, 2.05) is 36.4 Å². The van der Waals surface area contributed by atoms with Gasteiger partial charge in [-0.1, -0.05) is 29.8 Å². The summed E-state index contributed by atoms with van der Waals surface area (Å²) < 4.78 is 17.0. The molecule has 1 aromatic heterocycles. The number of nitriles is 1. The van der Waals surface area contributed by atoms with E-state index in [1.54, 1.807) is 12.3 Å². The van der Waals surface area contributed by atoms with Gasteiger partial charge in [0.05, 0.1) is 31.8 Å². The Balaban J connectivity index is 1.37. The molecule has 2 heterocycles. The largest absolute Gasteiger partial charge is 0.492 e. The van der Waals surface area contributed by atoms with Crippen LogP contribution in [0.1, 0.15) is 58.2 Å². The van der Waals surface area contributed by atoms with E-state index in [9.17, 15) is 10.1 Å². The number of rotatable bonds is 6. The van der Waals surface area contributed by atoms with Gasteiger partial charge in [-0.25, -0.2) is 4.98 Å². The number of hydrogen-bond donors (Lipinski definition) is 0. The number of benzene rings is 2. The van der Waals surface area contributed by atoms with Crippen LogP contribution in [0.4, 0.5) is 0 Å². The van der Waals surface area contributed by atoms with Crippen molar-refractivity contribution in [3.8, 4) is 17.6 Å². The van der Waals surface area contributed by atoms with Crippen LogP contribution in [0.2, 0.25) is 5.15 Å². The maximum Gasteiger partial charge on any atom is 0.306 e. The number of carbonyl (C=O) groups excluding carboxylic acids is 1. The van der Waals surface area contributed by atoms with Crippen LogP contribution in [-0.2, 0) is 22.4 Å². The lowest BCUT2D eigenvalue weighted by Crippen LogP contribution is -2.09. The van der Waals surface area contributed by atoms with E-state index in [2.05, 4.69) is 11.1 Å². The molecule has 2 aliphatic rings. The lowest BCUT2D eigenvalue weighted by Gasteiger charge is -2.17. The Bertz CT molecular complexity index is 1280. The van der Waals surface area contributed by atoms with Gasteiger partial charge in [0, 0.05) is 30.2 Å². The van der Waals surface area contributed by atoms with Crippen LogP contribution < -0.4 is 9.47 Å². The molecule has 0 spiro atoms. The quantitative estimate of drug-likeness (QED) is 0.356. The van der Waals surface area contributed by atoms with E-state index < -0.39 is 0 Å². The van der Waals surface area contributed by atoms with Gasteiger partial charge in [0.2, 0.25) is 0 Å². The van der Waals surface area contributed by atoms with Crippen LogP contribution in [-0.4, -0.2) is 24.7 Å². The number of pyridine rings is 1. The van der Waals surface area contributed by atoms with Gasteiger partial charge in [-0.05, 0) is 53.3 Å². The van der Waals surface area contributed by atoms with Gasteiger partial charge >= 0.3 is 5.97 Å². The number of aromatic nitrogens is 1. The first-order valence-corrected chi connectivity index (χ1v) is 11.6. The van der Waals surface area contributed by atoms with Crippen LogP contribution in [0, 0.1) is 11.3 Å². The summed E-state index contributed by atoms with van der Waals surface area (Å²) in [6, 6.07) is 15.7. The summed E-state index contributed by atoms with van der Waals surface area (Å²) in [7, 11) is 1.40. The standard InChI is InChI=1S/C27H23ClN2O4/c1-32-27(31)11-18-15-33-25-12-19(4-6-20(18)25)34-24-8-7-21-22(24)5-3-17(13-29)23(21)10-16-2-9-26(28)30-14-16/h2-6,9,12,14,18,24H,7-8,10-11,15H2,1H3/t18-,24-/m1/s1. The summed E-state index contributed by atoms with van der Waals surface area (Å²) in [5.74, 6) is 1.23. The number of fused-ring (bicyclic) bond motifs is 2. The summed E-state index contributed by atoms with van der Waals surface area (Å²) in [5, 5.41) is 10.1. The summed E-state index contributed by atoms with van der Waals surface area (Å²) in [4.78, 5) is 15.8. The molecule has 6 nitrogen and oxygen atoms in total. The first-order valence-electron chi connectivity index (χ1n) is 11.2. The number of nitrogens with zero attached hydrogens (tertiary/aromatic N) is 2. The maximum atomic E-state index is 11.7. The first kappa shape index (κ1) is 22.2. The molecule has 172 valence electrons. The molecule has 0 saturated carbocycles. The smallest absolute Gasteiger partial charge is 0.306 e. The van der Waals surface area contributed by atoms with E-state index in [4.69, 9.17) is 25.8 Å². The number of carbonyl (C=O) groups is 1. The number of halogens is 1. The second kappa shape index (κ2) is 9.36. The number of methoxy groups -OCH3 is 1. The van der Waals surface area contributed by atoms with Crippen molar-refractivity contribution in [2.24, 2.45) is 0 Å². The van der Waals surface area contributed by atoms with E-state index in [0.29, 0.717) is 30.2 Å². The molecular weight excluding hydrogens is 452 g/mol. The first-order chi connectivity index (χ1) is 16.6. The molecule has 1 aliphatic carbocycles. The molecule has 0 radical (unpaired) electrons. The van der Waals surface area contributed by atoms with Crippen molar-refractivity contribution in [2.45, 2.75) is 37.7 Å². The summed E-state index contributed by atoms with van der Waals surface area (Å²) in [5.41, 5.74) is 6.00. The number of ether oxygens (including phenoxy) is 3. The topological polar surface area (TPSA) is 81.4 Å². The fourth-order valence-electron chi connectivity index (χ4n) is 4.83. The maximum absolute atomic E-state index is 11.7. The third-order valence-electron chi connectivity index (χ3n) is 6.54. The molecule has 2 aromatic carbocycles. The third kappa shape index (κ3) is 4.32. The molecule has 1 aliphatic heterocycles. The van der Waals surface area contributed by atoms with Crippen LogP contribution in [0.25, 0.3) is 0 Å². The highest BCUT2D eigenvalue weighted by Gasteiger charge is 2.30. The molecule has 0 fully saturated rings. The number of esters is 1. The van der Waals surface area contributed by atoms with E-state index in [-0.39, 0.29) is 18.0 Å². The van der Waals surface area contributed by atoms with Gasteiger partial charge in [-0.15, -0.1) is 0 Å². The Morgan fingerprint density at radius 1 is 1.24 bits per heavy atom. The minimum Gasteiger partial charge on any atom is -0.492 e. The highest BCUT2D eigenvalue weighted by atomic mass is 35.5. The predicted octanol–water partition coefficient (Wildman–Crippen LogP) is 5.30. The average molecular weight is 475 g/mol. The van der Waals surface area contributed by atoms with Gasteiger partial charge < -0.3 is 14.2 Å². The lowest BCUT2D eigenvalue weighted by atomic mass is 9.93. The van der Waals surface area contributed by atoms with Crippen molar-refractivity contribution in [2.75, 3.05) is 13.7 Å². The van der Waals surface area contributed by atoms with E-state index in [0.717, 1.165) is 46.6 Å². The second-order valence-corrected chi connectivity index (χ2v) is 8.96. The fourth-order valence-corrected chi connectivity index (χ4v) is 4.94. The Morgan fingerprint density at radius 3 is 2.85 bits per heavy atom. The van der Waals surface area contributed by atoms with Crippen LogP contribution in [0.5, 0.6) is 11.5 Å². The average Bonchev–Trinajstić information content (AvgIpc) is 3.44. The Kier molecular flexibility index (Phi) is 6.12. The van der Waals surface area contributed by atoms with Gasteiger partial charge in [0.1, 0.15) is 22.8 Å². The molecule has 0 N–H and O–H groups in total. The van der Waals surface area contributed by atoms with Crippen molar-refractivity contribution >= 4 is 17.6 Å². The zero-order valence-electron chi connectivity index (χ0n) is 18.7. The van der Waals surface area contributed by atoms with Crippen molar-refractivity contribution in [1.82, 2.24) is 4.98 Å². The summed E-state index contributed by atoms with van der Waals surface area (Å²) in [6.45, 7) is 0.458. The molecule has 0 saturated heterocycles. The normalized spacial score (nSPS) is 17.9. The van der Waals surface area contributed by atoms with Crippen LogP contribution in [0.3, 0.4) is 0 Å². The highest BCUT2D eigenvalue weighted by molar-refractivity contribution is 6.29. The molecule has 3 aromatic rings. The highest BCUT2D eigenvalue weighted by Crippen LogP contribution is 2.42. The minimum absolute atomic E-state index is 0.00183. The number of hydrogen-bond acceptors (Lipinski definition) is 6. The molecule has 5 rings (SSSR count). The van der Waals surface area contributed by atoms with Crippen LogP contribution in [0.15, 0.2) is 48.7 Å². The Labute approximate surface area is 203 Å². The fraction of sp³-hybridized carbons (Fsp3) is 0.296. The second-order valence-electron chi connectivity index (χ2n) is 8.57. The van der Waals surface area contributed by atoms with E-state index >= 15 is 0 Å². The van der Waals surface area contributed by atoms with Crippen molar-refractivity contribution in [1.29, 1.82) is 5.26 Å². The van der Waals surface area contributed by atoms with Gasteiger partial charge in [0.25, 0.3) is 0 Å². The SMILES string of the molecule is COC(=O)C[C@@H]1COc2cc(O[C@@H]3CCc4c3ccc(C#N)c4Cc3ccc(Cl)nc3)ccc21. The molecule has 0 bridgehead atoms. The van der Waals surface area contributed by atoms with Crippen molar-refractivity contribution in [3.05, 3.63) is 87.2 Å². The zero-order chi connectivity index (χ0) is 23.7. The molecule has 2 atom stereocenters. The Hall–Kier alpha value is -3.56. The van der Waals surface area contributed by atoms with Crippen molar-refractivity contribution < 1.29 is 19.0 Å². The summed E-state index contributed by atoms with van der Waals surface area (Å²) >= 11 is 5.93. The molecule has 7 heteroatoms. The third-order valence-corrected chi connectivity index (χ3v) is 6.77. The molecule has 0 unspecified atom stereocenters. The minimum atomic E-state index is -0.244. The molecule has 0 amide bonds. The monoisotopic (exact) mass is 474 g/mol. The molecule has 34 heavy (non-hydrogen) atoms. The zero-order valence-corrected chi connectivity index (χ0v) is 19.5.